The first-order valence-corrected chi connectivity index (χ1v) is 5.90. The van der Waals surface area contributed by atoms with E-state index in [-0.39, 0.29) is 0 Å². The van der Waals surface area contributed by atoms with Gasteiger partial charge in [0.15, 0.2) is 0 Å². The Morgan fingerprint density at radius 1 is 1.40 bits per heavy atom. The van der Waals surface area contributed by atoms with E-state index in [0.29, 0.717) is 0 Å². The fourth-order valence-corrected chi connectivity index (χ4v) is 1.87. The summed E-state index contributed by atoms with van der Waals surface area (Å²) in [6.45, 7) is 2.99. The largest absolute Gasteiger partial charge is 0.276 e. The molecule has 0 spiro atoms. The number of halogens is 1. The smallest absolute Gasteiger partial charge is 0.126 e. The van der Waals surface area contributed by atoms with Crippen LogP contribution in [-0.4, -0.2) is 19.6 Å². The van der Waals surface area contributed by atoms with E-state index in [0.717, 1.165) is 16.7 Å². The summed E-state index contributed by atoms with van der Waals surface area (Å²) in [5.74, 6) is 0. The maximum atomic E-state index is 4.41. The van der Waals surface area contributed by atoms with Crippen LogP contribution < -0.4 is 0 Å². The highest BCUT2D eigenvalue weighted by Gasteiger charge is 2.02. The number of aryl methyl sites for hydroxylation is 4. The average molecular weight is 316 g/mol. The Morgan fingerprint density at radius 3 is 2.73 bits per heavy atom. The van der Waals surface area contributed by atoms with Crippen molar-refractivity contribution < 1.29 is 0 Å². The molecule has 0 unspecified atom stereocenters. The van der Waals surface area contributed by atoms with E-state index in [4.69, 9.17) is 0 Å². The Morgan fingerprint density at radius 2 is 2.20 bits per heavy atom. The first-order chi connectivity index (χ1) is 7.15. The molecule has 4 nitrogen and oxygen atoms in total. The molecule has 80 valence electrons. The Kier molecular flexibility index (Phi) is 3.08. The summed E-state index contributed by atoms with van der Waals surface area (Å²) in [4.78, 5) is 0. The first-order valence-electron chi connectivity index (χ1n) is 4.82. The number of rotatable bonds is 3. The molecule has 2 rings (SSSR count). The van der Waals surface area contributed by atoms with Crippen molar-refractivity contribution in [1.82, 2.24) is 19.6 Å². The quantitative estimate of drug-likeness (QED) is 0.809. The number of nitrogens with zero attached hydrogens (tertiary/aromatic N) is 4. The summed E-state index contributed by atoms with van der Waals surface area (Å²) in [5, 5.41) is 8.55. The van der Waals surface area contributed by atoms with E-state index < -0.39 is 0 Å². The molecular formula is C10H13IN4. The fourth-order valence-electron chi connectivity index (χ4n) is 1.46. The van der Waals surface area contributed by atoms with Gasteiger partial charge < -0.3 is 0 Å². The summed E-state index contributed by atoms with van der Waals surface area (Å²) < 4.78 is 4.90. The van der Waals surface area contributed by atoms with Gasteiger partial charge in [0, 0.05) is 31.5 Å². The highest BCUT2D eigenvalue weighted by molar-refractivity contribution is 14.1. The second-order valence-corrected chi connectivity index (χ2v) is 4.66. The summed E-state index contributed by atoms with van der Waals surface area (Å²) >= 11 is 2.26. The van der Waals surface area contributed by atoms with Crippen LogP contribution in [0.1, 0.15) is 11.1 Å². The van der Waals surface area contributed by atoms with Crippen molar-refractivity contribution in [2.75, 3.05) is 0 Å². The Labute approximate surface area is 102 Å². The lowest BCUT2D eigenvalue weighted by atomic mass is 10.2. The van der Waals surface area contributed by atoms with Gasteiger partial charge in [0.25, 0.3) is 0 Å². The monoisotopic (exact) mass is 316 g/mol. The van der Waals surface area contributed by atoms with E-state index >= 15 is 0 Å². The molecule has 0 saturated heterocycles. The third kappa shape index (κ3) is 2.58. The van der Waals surface area contributed by atoms with Gasteiger partial charge in [0.2, 0.25) is 0 Å². The highest BCUT2D eigenvalue weighted by Crippen LogP contribution is 2.08. The van der Waals surface area contributed by atoms with Crippen LogP contribution in [-0.2, 0) is 20.0 Å². The van der Waals surface area contributed by atoms with E-state index in [1.807, 2.05) is 28.8 Å². The summed E-state index contributed by atoms with van der Waals surface area (Å²) in [6, 6.07) is 0. The molecule has 2 heterocycles. The molecule has 0 fully saturated rings. The lowest BCUT2D eigenvalue weighted by molar-refractivity contribution is 0.610. The van der Waals surface area contributed by atoms with Gasteiger partial charge in [-0.15, -0.1) is 0 Å². The average Bonchev–Trinajstić information content (AvgIpc) is 2.72. The molecule has 0 aliphatic heterocycles. The maximum Gasteiger partial charge on any atom is 0.126 e. The van der Waals surface area contributed by atoms with Crippen molar-refractivity contribution in [3.05, 3.63) is 33.4 Å². The lowest BCUT2D eigenvalue weighted by Crippen LogP contribution is -2.01. The molecule has 0 atom stereocenters. The molecule has 0 aliphatic carbocycles. The third-order valence-corrected chi connectivity index (χ3v) is 3.34. The van der Waals surface area contributed by atoms with Crippen LogP contribution in [0.15, 0.2) is 18.6 Å². The van der Waals surface area contributed by atoms with Gasteiger partial charge in [0.1, 0.15) is 3.70 Å². The molecule has 0 saturated carbocycles. The van der Waals surface area contributed by atoms with Crippen molar-refractivity contribution in [3.63, 3.8) is 0 Å². The van der Waals surface area contributed by atoms with Gasteiger partial charge in [-0.05, 0) is 41.5 Å². The van der Waals surface area contributed by atoms with Crippen molar-refractivity contribution in [2.45, 2.75) is 19.9 Å². The summed E-state index contributed by atoms with van der Waals surface area (Å²) in [5.41, 5.74) is 2.49. The van der Waals surface area contributed by atoms with Gasteiger partial charge >= 0.3 is 0 Å². The van der Waals surface area contributed by atoms with Gasteiger partial charge in [-0.2, -0.15) is 10.2 Å². The predicted molar refractivity (Wildman–Crippen MR) is 66.6 cm³/mol. The van der Waals surface area contributed by atoms with Gasteiger partial charge in [-0.1, -0.05) is 0 Å². The van der Waals surface area contributed by atoms with E-state index in [9.17, 15) is 0 Å². The van der Waals surface area contributed by atoms with Crippen LogP contribution in [0.2, 0.25) is 0 Å². The van der Waals surface area contributed by atoms with Crippen LogP contribution in [0, 0.1) is 10.6 Å². The SMILES string of the molecule is Cc1cn(CCc2cnn(C)c2)nc1I. The van der Waals surface area contributed by atoms with E-state index in [1.165, 1.54) is 11.1 Å². The van der Waals surface area contributed by atoms with Crippen LogP contribution in [0.3, 0.4) is 0 Å². The van der Waals surface area contributed by atoms with Crippen LogP contribution in [0.5, 0.6) is 0 Å². The molecule has 5 heteroatoms. The molecule has 0 aliphatic rings. The molecule has 0 amide bonds. The van der Waals surface area contributed by atoms with Gasteiger partial charge in [0.05, 0.1) is 6.20 Å². The lowest BCUT2D eigenvalue weighted by Gasteiger charge is -1.98. The van der Waals surface area contributed by atoms with Crippen LogP contribution in [0.25, 0.3) is 0 Å². The first kappa shape index (κ1) is 10.7. The predicted octanol–water partition coefficient (Wildman–Crippen LogP) is 1.77. The minimum absolute atomic E-state index is 0.912. The molecule has 2 aromatic heterocycles. The van der Waals surface area contributed by atoms with Crippen molar-refractivity contribution >= 4 is 22.6 Å². The third-order valence-electron chi connectivity index (χ3n) is 2.27. The van der Waals surface area contributed by atoms with Crippen LogP contribution >= 0.6 is 22.6 Å². The van der Waals surface area contributed by atoms with Gasteiger partial charge in [-0.25, -0.2) is 0 Å². The number of hydrogen-bond donors (Lipinski definition) is 0. The zero-order valence-electron chi connectivity index (χ0n) is 8.81. The molecule has 0 bridgehead atoms. The zero-order valence-corrected chi connectivity index (χ0v) is 11.0. The molecule has 0 radical (unpaired) electrons. The minimum atomic E-state index is 0.912. The normalized spacial score (nSPS) is 10.9. The van der Waals surface area contributed by atoms with Crippen LogP contribution in [0.4, 0.5) is 0 Å². The molecule has 15 heavy (non-hydrogen) atoms. The Hall–Kier alpha value is -0.850. The Bertz CT molecular complexity index is 438. The van der Waals surface area contributed by atoms with E-state index in [1.54, 1.807) is 0 Å². The van der Waals surface area contributed by atoms with Gasteiger partial charge in [-0.3, -0.25) is 9.36 Å². The standard InChI is InChI=1S/C10H13IN4/c1-8-6-15(13-10(8)11)4-3-9-5-12-14(2)7-9/h5-7H,3-4H2,1-2H3. The fraction of sp³-hybridized carbons (Fsp3) is 0.400. The van der Waals surface area contributed by atoms with Crippen molar-refractivity contribution in [2.24, 2.45) is 7.05 Å². The van der Waals surface area contributed by atoms with Crippen molar-refractivity contribution in [3.8, 4) is 0 Å². The second-order valence-electron chi connectivity index (χ2n) is 3.64. The molecule has 2 aromatic rings. The van der Waals surface area contributed by atoms with Crippen molar-refractivity contribution in [1.29, 1.82) is 0 Å². The summed E-state index contributed by atoms with van der Waals surface area (Å²) in [6.07, 6.45) is 7.01. The molecule has 0 N–H and O–H groups in total. The Balaban J connectivity index is 1.99. The topological polar surface area (TPSA) is 35.6 Å². The number of hydrogen-bond acceptors (Lipinski definition) is 2. The number of aromatic nitrogens is 4. The molecular weight excluding hydrogens is 303 g/mol. The second kappa shape index (κ2) is 4.34. The summed E-state index contributed by atoms with van der Waals surface area (Å²) in [7, 11) is 1.94. The minimum Gasteiger partial charge on any atom is -0.276 e. The van der Waals surface area contributed by atoms with E-state index in [2.05, 4.69) is 45.9 Å². The maximum absolute atomic E-state index is 4.41. The zero-order chi connectivity index (χ0) is 10.8. The molecule has 0 aromatic carbocycles. The highest BCUT2D eigenvalue weighted by atomic mass is 127.